The first-order chi connectivity index (χ1) is 8.67. The van der Waals surface area contributed by atoms with E-state index < -0.39 is 0 Å². The minimum Gasteiger partial charge on any atom is -0.365 e. The van der Waals surface area contributed by atoms with Crippen LogP contribution in [0.1, 0.15) is 10.7 Å². The molecule has 0 aromatic carbocycles. The summed E-state index contributed by atoms with van der Waals surface area (Å²) in [6.07, 6.45) is 1.84. The Balaban J connectivity index is 2.07. The number of rotatable bonds is 4. The van der Waals surface area contributed by atoms with Gasteiger partial charge in [0.25, 0.3) is 0 Å². The van der Waals surface area contributed by atoms with Crippen LogP contribution in [0.25, 0.3) is 0 Å². The second kappa shape index (κ2) is 5.80. The zero-order valence-corrected chi connectivity index (χ0v) is 12.0. The quantitative estimate of drug-likeness (QED) is 0.668. The molecule has 2 N–H and O–H groups in total. The maximum Gasteiger partial charge on any atom is 0.182 e. The van der Waals surface area contributed by atoms with Crippen LogP contribution in [0.15, 0.2) is 22.0 Å². The largest absolute Gasteiger partial charge is 0.365 e. The van der Waals surface area contributed by atoms with Gasteiger partial charge in [0.15, 0.2) is 6.19 Å². The SMILES string of the molecule is Cc1nc(NC#N)cc(NCc2cc(Br)cs2)n1. The van der Waals surface area contributed by atoms with Crippen molar-refractivity contribution in [1.82, 2.24) is 9.97 Å². The maximum absolute atomic E-state index is 8.57. The molecule has 92 valence electrons. The van der Waals surface area contributed by atoms with Crippen LogP contribution in [0.5, 0.6) is 0 Å². The molecule has 0 unspecified atom stereocenters. The Morgan fingerprint density at radius 3 is 2.83 bits per heavy atom. The number of anilines is 2. The number of aromatic nitrogens is 2. The lowest BCUT2D eigenvalue weighted by molar-refractivity contribution is 1.03. The van der Waals surface area contributed by atoms with E-state index in [1.807, 2.05) is 11.6 Å². The minimum absolute atomic E-state index is 0.500. The number of thiophene rings is 1. The van der Waals surface area contributed by atoms with Crippen molar-refractivity contribution < 1.29 is 0 Å². The van der Waals surface area contributed by atoms with Crippen LogP contribution in [0, 0.1) is 18.4 Å². The number of nitrogens with one attached hydrogen (secondary N) is 2. The monoisotopic (exact) mass is 323 g/mol. The highest BCUT2D eigenvalue weighted by Crippen LogP contribution is 2.21. The molecule has 2 aromatic heterocycles. The molecule has 0 saturated carbocycles. The minimum atomic E-state index is 0.500. The van der Waals surface area contributed by atoms with E-state index in [-0.39, 0.29) is 0 Å². The van der Waals surface area contributed by atoms with E-state index in [1.54, 1.807) is 24.3 Å². The lowest BCUT2D eigenvalue weighted by Gasteiger charge is -2.06. The fraction of sp³-hybridized carbons (Fsp3) is 0.182. The molecule has 0 fully saturated rings. The van der Waals surface area contributed by atoms with Gasteiger partial charge in [-0.1, -0.05) is 0 Å². The van der Waals surface area contributed by atoms with Crippen LogP contribution in [-0.4, -0.2) is 9.97 Å². The highest BCUT2D eigenvalue weighted by Gasteiger charge is 2.02. The molecular weight excluding hydrogens is 314 g/mol. The predicted octanol–water partition coefficient (Wildman–Crippen LogP) is 3.11. The first kappa shape index (κ1) is 12.8. The molecule has 2 aromatic rings. The van der Waals surface area contributed by atoms with Gasteiger partial charge < -0.3 is 5.32 Å². The van der Waals surface area contributed by atoms with Crippen LogP contribution < -0.4 is 10.6 Å². The normalized spacial score (nSPS) is 9.83. The molecule has 0 saturated heterocycles. The summed E-state index contributed by atoms with van der Waals surface area (Å²) in [5.41, 5.74) is 0. The molecule has 5 nitrogen and oxygen atoms in total. The van der Waals surface area contributed by atoms with E-state index in [4.69, 9.17) is 5.26 Å². The van der Waals surface area contributed by atoms with Crippen molar-refractivity contribution in [2.75, 3.05) is 10.6 Å². The third kappa shape index (κ3) is 3.42. The molecule has 0 aliphatic heterocycles. The van der Waals surface area contributed by atoms with E-state index in [0.717, 1.165) is 4.47 Å². The predicted molar refractivity (Wildman–Crippen MR) is 75.4 cm³/mol. The summed E-state index contributed by atoms with van der Waals surface area (Å²) in [5, 5.41) is 16.3. The van der Waals surface area contributed by atoms with Gasteiger partial charge >= 0.3 is 0 Å². The standard InChI is InChI=1S/C11H10BrN5S/c1-7-16-10(3-11(17-7)15-6-13)14-4-9-2-8(12)5-18-9/h2-3,5H,4H2,1H3,(H2,14,15,16,17). The summed E-state index contributed by atoms with van der Waals surface area (Å²) in [6, 6.07) is 3.76. The van der Waals surface area contributed by atoms with Crippen molar-refractivity contribution in [3.8, 4) is 6.19 Å². The van der Waals surface area contributed by atoms with Gasteiger partial charge in [0, 0.05) is 20.8 Å². The van der Waals surface area contributed by atoms with Gasteiger partial charge in [0.05, 0.1) is 6.54 Å². The molecule has 7 heteroatoms. The van der Waals surface area contributed by atoms with E-state index in [0.29, 0.717) is 24.0 Å². The lowest BCUT2D eigenvalue weighted by atomic mass is 10.4. The summed E-state index contributed by atoms with van der Waals surface area (Å²) in [6.45, 7) is 2.48. The van der Waals surface area contributed by atoms with Crippen LogP contribution >= 0.6 is 27.3 Å². The molecule has 0 amide bonds. The second-order valence-corrected chi connectivity index (χ2v) is 5.42. The van der Waals surface area contributed by atoms with Crippen molar-refractivity contribution in [2.45, 2.75) is 13.5 Å². The highest BCUT2D eigenvalue weighted by atomic mass is 79.9. The van der Waals surface area contributed by atoms with Gasteiger partial charge in [-0.15, -0.1) is 11.3 Å². The number of hydrogen-bond donors (Lipinski definition) is 2. The van der Waals surface area contributed by atoms with Crippen molar-refractivity contribution in [1.29, 1.82) is 5.26 Å². The summed E-state index contributed by atoms with van der Waals surface area (Å²) in [5.74, 6) is 1.81. The Morgan fingerprint density at radius 2 is 2.17 bits per heavy atom. The topological polar surface area (TPSA) is 73.6 Å². The fourth-order valence-electron chi connectivity index (χ4n) is 1.40. The van der Waals surface area contributed by atoms with Crippen LogP contribution in [0.3, 0.4) is 0 Å². The molecule has 0 aliphatic rings. The molecule has 18 heavy (non-hydrogen) atoms. The van der Waals surface area contributed by atoms with Crippen LogP contribution in [-0.2, 0) is 6.54 Å². The Labute approximate surface area is 117 Å². The molecule has 0 aliphatic carbocycles. The van der Waals surface area contributed by atoms with Gasteiger partial charge in [-0.25, -0.2) is 9.97 Å². The molecule has 2 rings (SSSR count). The number of aryl methyl sites for hydroxylation is 1. The van der Waals surface area contributed by atoms with Gasteiger partial charge in [-0.05, 0) is 28.9 Å². The lowest BCUT2D eigenvalue weighted by Crippen LogP contribution is -2.04. The van der Waals surface area contributed by atoms with Gasteiger partial charge in [0.1, 0.15) is 17.5 Å². The fourth-order valence-corrected chi connectivity index (χ4v) is 2.79. The zero-order chi connectivity index (χ0) is 13.0. The van der Waals surface area contributed by atoms with Crippen LogP contribution in [0.4, 0.5) is 11.6 Å². The number of nitriles is 1. The smallest absolute Gasteiger partial charge is 0.182 e. The summed E-state index contributed by atoms with van der Waals surface area (Å²) in [7, 11) is 0. The highest BCUT2D eigenvalue weighted by molar-refractivity contribution is 9.10. The van der Waals surface area contributed by atoms with Crippen molar-refractivity contribution in [2.24, 2.45) is 0 Å². The summed E-state index contributed by atoms with van der Waals surface area (Å²) >= 11 is 5.08. The van der Waals surface area contributed by atoms with E-state index in [2.05, 4.69) is 42.6 Å². The summed E-state index contributed by atoms with van der Waals surface area (Å²) < 4.78 is 1.08. The molecule has 0 atom stereocenters. The number of halogens is 1. The van der Waals surface area contributed by atoms with E-state index in [9.17, 15) is 0 Å². The van der Waals surface area contributed by atoms with Gasteiger partial charge in [0.2, 0.25) is 0 Å². The van der Waals surface area contributed by atoms with Gasteiger partial charge in [-0.2, -0.15) is 5.26 Å². The first-order valence-electron chi connectivity index (χ1n) is 5.15. The molecule has 0 bridgehead atoms. The van der Waals surface area contributed by atoms with Crippen molar-refractivity contribution >= 4 is 38.9 Å². The Bertz CT molecular complexity index is 589. The average Bonchev–Trinajstić information content (AvgIpc) is 2.72. The molecule has 0 radical (unpaired) electrons. The first-order valence-corrected chi connectivity index (χ1v) is 6.82. The van der Waals surface area contributed by atoms with Crippen molar-refractivity contribution in [3.05, 3.63) is 32.7 Å². The zero-order valence-electron chi connectivity index (χ0n) is 9.57. The molecule has 2 heterocycles. The van der Waals surface area contributed by atoms with E-state index in [1.165, 1.54) is 4.88 Å². The summed E-state index contributed by atoms with van der Waals surface area (Å²) in [4.78, 5) is 9.55. The Hall–Kier alpha value is -1.65. The number of hydrogen-bond acceptors (Lipinski definition) is 6. The third-order valence-electron chi connectivity index (χ3n) is 2.09. The molecule has 0 spiro atoms. The average molecular weight is 324 g/mol. The van der Waals surface area contributed by atoms with Crippen molar-refractivity contribution in [3.63, 3.8) is 0 Å². The Kier molecular flexibility index (Phi) is 4.12. The second-order valence-electron chi connectivity index (χ2n) is 3.51. The van der Waals surface area contributed by atoms with Gasteiger partial charge in [-0.3, -0.25) is 5.32 Å². The van der Waals surface area contributed by atoms with E-state index >= 15 is 0 Å². The molecular formula is C11H10BrN5S. The Morgan fingerprint density at radius 1 is 1.39 bits per heavy atom. The maximum atomic E-state index is 8.57. The van der Waals surface area contributed by atoms with Crippen LogP contribution in [0.2, 0.25) is 0 Å². The third-order valence-corrected chi connectivity index (χ3v) is 3.79. The number of nitrogens with zero attached hydrogens (tertiary/aromatic N) is 3.